The molecule has 3 aromatic heterocycles. The number of nitrogens with one attached hydrogen (secondary N) is 1. The first-order valence-electron chi connectivity index (χ1n) is 7.92. The number of thiophene rings is 1. The van der Waals surface area contributed by atoms with Crippen LogP contribution in [0.5, 0.6) is 0 Å². The Balaban J connectivity index is 1.60. The van der Waals surface area contributed by atoms with Gasteiger partial charge in [-0.25, -0.2) is 9.78 Å². The highest BCUT2D eigenvalue weighted by molar-refractivity contribution is 7.14. The molecular weight excluding hydrogens is 354 g/mol. The van der Waals surface area contributed by atoms with E-state index in [1.54, 1.807) is 28.8 Å². The molecule has 0 aliphatic heterocycles. The van der Waals surface area contributed by atoms with Gasteiger partial charge in [-0.3, -0.25) is 9.59 Å². The smallest absolute Gasteiger partial charge is 0.359 e. The summed E-state index contributed by atoms with van der Waals surface area (Å²) >= 11 is 1.26. The molecule has 3 aromatic rings. The van der Waals surface area contributed by atoms with Gasteiger partial charge in [0.25, 0.3) is 0 Å². The van der Waals surface area contributed by atoms with Crippen molar-refractivity contribution in [1.29, 1.82) is 0 Å². The van der Waals surface area contributed by atoms with Gasteiger partial charge in [0.05, 0.1) is 11.4 Å². The van der Waals surface area contributed by atoms with Crippen LogP contribution in [-0.4, -0.2) is 33.7 Å². The third kappa shape index (κ3) is 3.97. The summed E-state index contributed by atoms with van der Waals surface area (Å²) in [5, 5.41) is 2.67. The van der Waals surface area contributed by atoms with E-state index < -0.39 is 5.97 Å². The van der Waals surface area contributed by atoms with Crippen LogP contribution in [0, 0.1) is 6.92 Å². The first kappa shape index (κ1) is 17.8. The maximum atomic E-state index is 12.2. The zero-order valence-corrected chi connectivity index (χ0v) is 15.1. The number of pyridine rings is 1. The number of hydrogen-bond donors (Lipinski definition) is 1. The van der Waals surface area contributed by atoms with E-state index in [0.717, 1.165) is 10.6 Å². The number of aryl methyl sites for hydroxylation is 1. The Labute approximate surface area is 153 Å². The summed E-state index contributed by atoms with van der Waals surface area (Å²) in [5.74, 6) is -1.07. The Bertz CT molecular complexity index is 989. The summed E-state index contributed by atoms with van der Waals surface area (Å²) in [6.45, 7) is 3.35. The van der Waals surface area contributed by atoms with E-state index in [1.165, 1.54) is 18.3 Å². The Kier molecular flexibility index (Phi) is 5.13. The van der Waals surface area contributed by atoms with Crippen LogP contribution in [0.15, 0.2) is 36.5 Å². The molecule has 0 spiro atoms. The fraction of sp³-hybridized carbons (Fsp3) is 0.222. The number of aromatic nitrogens is 2. The van der Waals surface area contributed by atoms with Crippen LogP contribution in [0.3, 0.4) is 0 Å². The quantitative estimate of drug-likeness (QED) is 0.531. The van der Waals surface area contributed by atoms with Gasteiger partial charge in [-0.2, -0.15) is 0 Å². The first-order valence-corrected chi connectivity index (χ1v) is 8.74. The van der Waals surface area contributed by atoms with Crippen LogP contribution in [-0.2, 0) is 16.1 Å². The highest BCUT2D eigenvalue weighted by Crippen LogP contribution is 2.17. The Hall–Kier alpha value is -3.00. The molecule has 134 valence electrons. The highest BCUT2D eigenvalue weighted by atomic mass is 32.1. The largest absolute Gasteiger partial charge is 0.452 e. The molecule has 1 N–H and O–H groups in total. The normalized spacial score (nSPS) is 10.7. The molecule has 1 amide bonds. The number of nitrogens with zero attached hydrogens (tertiary/aromatic N) is 2. The average molecular weight is 371 g/mol. The standard InChI is InChI=1S/C18H17N3O4S/c1-11-4-3-5-17-20-14(9-21(11)17)18(24)25-10-15(23)16-7-6-13(26-16)8-19-12(2)22/h3-7,9H,8,10H2,1-2H3,(H,19,22). The topological polar surface area (TPSA) is 89.8 Å². The Morgan fingerprint density at radius 2 is 2.04 bits per heavy atom. The fourth-order valence-corrected chi connectivity index (χ4v) is 3.23. The van der Waals surface area contributed by atoms with Gasteiger partial charge in [-0.1, -0.05) is 6.07 Å². The lowest BCUT2D eigenvalue weighted by atomic mass is 10.3. The van der Waals surface area contributed by atoms with E-state index in [2.05, 4.69) is 10.3 Å². The second-order valence-electron chi connectivity index (χ2n) is 5.70. The lowest BCUT2D eigenvalue weighted by Crippen LogP contribution is -2.18. The van der Waals surface area contributed by atoms with Crippen molar-refractivity contribution in [1.82, 2.24) is 14.7 Å². The zero-order valence-electron chi connectivity index (χ0n) is 14.3. The minimum Gasteiger partial charge on any atom is -0.452 e. The summed E-state index contributed by atoms with van der Waals surface area (Å²) in [7, 11) is 0. The second kappa shape index (κ2) is 7.49. The molecule has 0 atom stereocenters. The number of Topliss-reactive ketones (excluding diaryl/α,β-unsaturated/α-hetero) is 1. The van der Waals surface area contributed by atoms with Crippen LogP contribution in [0.1, 0.15) is 37.7 Å². The molecule has 0 radical (unpaired) electrons. The number of amides is 1. The van der Waals surface area contributed by atoms with E-state index in [4.69, 9.17) is 4.74 Å². The van der Waals surface area contributed by atoms with Crippen LogP contribution in [0.25, 0.3) is 5.65 Å². The summed E-state index contributed by atoms with van der Waals surface area (Å²) in [6.07, 6.45) is 1.59. The molecule has 0 fully saturated rings. The number of carbonyl (C=O) groups is 3. The van der Waals surface area contributed by atoms with E-state index in [1.807, 2.05) is 19.1 Å². The number of fused-ring (bicyclic) bond motifs is 1. The minimum atomic E-state index is -0.642. The van der Waals surface area contributed by atoms with Crippen molar-refractivity contribution >= 4 is 34.6 Å². The van der Waals surface area contributed by atoms with E-state index in [9.17, 15) is 14.4 Å². The van der Waals surface area contributed by atoms with Gasteiger partial charge in [0.1, 0.15) is 5.65 Å². The third-order valence-corrected chi connectivity index (χ3v) is 4.81. The van der Waals surface area contributed by atoms with Gasteiger partial charge < -0.3 is 14.5 Å². The number of ketones is 1. The molecule has 0 unspecified atom stereocenters. The number of carbonyl (C=O) groups excluding carboxylic acids is 3. The summed E-state index contributed by atoms with van der Waals surface area (Å²) < 4.78 is 6.88. The number of ether oxygens (including phenoxy) is 1. The highest BCUT2D eigenvalue weighted by Gasteiger charge is 2.16. The lowest BCUT2D eigenvalue weighted by molar-refractivity contribution is -0.119. The Morgan fingerprint density at radius 3 is 2.77 bits per heavy atom. The van der Waals surface area contributed by atoms with Gasteiger partial charge >= 0.3 is 5.97 Å². The number of rotatable bonds is 6. The van der Waals surface area contributed by atoms with Crippen LogP contribution in [0.4, 0.5) is 0 Å². The number of esters is 1. The SMILES string of the molecule is CC(=O)NCc1ccc(C(=O)COC(=O)c2cn3c(C)cccc3n2)s1. The van der Waals surface area contributed by atoms with Crippen LogP contribution < -0.4 is 5.32 Å². The van der Waals surface area contributed by atoms with E-state index in [-0.39, 0.29) is 24.0 Å². The summed E-state index contributed by atoms with van der Waals surface area (Å²) in [4.78, 5) is 40.8. The number of hydrogen-bond acceptors (Lipinski definition) is 6. The number of imidazole rings is 1. The molecule has 0 aromatic carbocycles. The molecule has 3 rings (SSSR count). The maximum absolute atomic E-state index is 12.2. The molecule has 0 saturated carbocycles. The fourth-order valence-electron chi connectivity index (χ4n) is 2.36. The van der Waals surface area contributed by atoms with Crippen molar-refractivity contribution in [2.45, 2.75) is 20.4 Å². The van der Waals surface area contributed by atoms with Crippen molar-refractivity contribution in [2.24, 2.45) is 0 Å². The van der Waals surface area contributed by atoms with Gasteiger partial charge in [-0.05, 0) is 31.2 Å². The van der Waals surface area contributed by atoms with Gasteiger partial charge in [0.2, 0.25) is 11.7 Å². The van der Waals surface area contributed by atoms with Crippen molar-refractivity contribution < 1.29 is 19.1 Å². The van der Waals surface area contributed by atoms with Crippen molar-refractivity contribution in [3.8, 4) is 0 Å². The predicted octanol–water partition coefficient (Wildman–Crippen LogP) is 2.38. The molecule has 0 bridgehead atoms. The van der Waals surface area contributed by atoms with Crippen molar-refractivity contribution in [2.75, 3.05) is 6.61 Å². The maximum Gasteiger partial charge on any atom is 0.359 e. The van der Waals surface area contributed by atoms with E-state index >= 15 is 0 Å². The monoisotopic (exact) mass is 371 g/mol. The van der Waals surface area contributed by atoms with Crippen molar-refractivity contribution in [3.63, 3.8) is 0 Å². The molecular formula is C18H17N3O4S. The molecule has 0 saturated heterocycles. The summed E-state index contributed by atoms with van der Waals surface area (Å²) in [6, 6.07) is 8.97. The minimum absolute atomic E-state index is 0.136. The first-order chi connectivity index (χ1) is 12.4. The second-order valence-corrected chi connectivity index (χ2v) is 6.86. The average Bonchev–Trinajstić information content (AvgIpc) is 3.25. The molecule has 7 nitrogen and oxygen atoms in total. The van der Waals surface area contributed by atoms with Gasteiger partial charge in [0.15, 0.2) is 12.3 Å². The lowest BCUT2D eigenvalue weighted by Gasteiger charge is -2.01. The van der Waals surface area contributed by atoms with Crippen molar-refractivity contribution in [3.05, 3.63) is 57.7 Å². The third-order valence-electron chi connectivity index (χ3n) is 3.69. The Morgan fingerprint density at radius 1 is 1.23 bits per heavy atom. The van der Waals surface area contributed by atoms with Gasteiger partial charge in [0, 0.05) is 23.7 Å². The molecule has 3 heterocycles. The molecule has 26 heavy (non-hydrogen) atoms. The zero-order chi connectivity index (χ0) is 18.7. The van der Waals surface area contributed by atoms with Gasteiger partial charge in [-0.15, -0.1) is 11.3 Å². The molecule has 8 heteroatoms. The van der Waals surface area contributed by atoms with Crippen LogP contribution >= 0.6 is 11.3 Å². The van der Waals surface area contributed by atoms with Crippen LogP contribution in [0.2, 0.25) is 0 Å². The molecule has 0 aliphatic rings. The molecule has 0 aliphatic carbocycles. The predicted molar refractivity (Wildman–Crippen MR) is 96.4 cm³/mol. The summed E-state index contributed by atoms with van der Waals surface area (Å²) in [5.41, 5.74) is 1.74. The van der Waals surface area contributed by atoms with E-state index in [0.29, 0.717) is 17.1 Å².